The van der Waals surface area contributed by atoms with E-state index in [0.29, 0.717) is 0 Å². The van der Waals surface area contributed by atoms with E-state index in [4.69, 9.17) is 20.0 Å². The summed E-state index contributed by atoms with van der Waals surface area (Å²) in [5, 5.41) is 17.5. The minimum Gasteiger partial charge on any atom is -0.379 e. The lowest BCUT2D eigenvalue weighted by Crippen LogP contribution is -1.92. The van der Waals surface area contributed by atoms with Gasteiger partial charge in [-0.25, -0.2) is 9.98 Å². The molecule has 0 aliphatic rings. The fraction of sp³-hybridized carbons (Fsp3) is 0.400. The van der Waals surface area contributed by atoms with Crippen LogP contribution in [0.4, 0.5) is 0 Å². The zero-order valence-corrected chi connectivity index (χ0v) is 9.17. The number of nitrogens with zero attached hydrogens (tertiary/aromatic N) is 4. The molecule has 0 fully saturated rings. The lowest BCUT2D eigenvalue weighted by Gasteiger charge is -1.92. The standard InChI is InChI=1S/C10H12N4O2/c1-15-5-3-13-9(7-11)10(8-12)14-4-6-16-2/h3-4H,5-6H2,1-2H3/b10-9-,13-3?,14-4?. The topological polar surface area (TPSA) is 90.8 Å². The second-order valence-corrected chi connectivity index (χ2v) is 2.45. The molecule has 16 heavy (non-hydrogen) atoms. The van der Waals surface area contributed by atoms with E-state index in [9.17, 15) is 0 Å². The number of hydrogen-bond donors (Lipinski definition) is 0. The Balaban J connectivity index is 4.81. The van der Waals surface area contributed by atoms with E-state index in [2.05, 4.69) is 9.98 Å². The molecule has 0 aromatic carbocycles. The Hall–Kier alpha value is -2.02. The van der Waals surface area contributed by atoms with Crippen molar-refractivity contribution in [3.63, 3.8) is 0 Å². The van der Waals surface area contributed by atoms with Gasteiger partial charge in [-0.3, -0.25) is 0 Å². The van der Waals surface area contributed by atoms with Crippen LogP contribution in [0.5, 0.6) is 0 Å². The highest BCUT2D eigenvalue weighted by Crippen LogP contribution is 2.04. The molecule has 0 atom stereocenters. The average Bonchev–Trinajstić information content (AvgIpc) is 2.31. The van der Waals surface area contributed by atoms with Crippen molar-refractivity contribution in [2.24, 2.45) is 9.98 Å². The van der Waals surface area contributed by atoms with Crippen molar-refractivity contribution < 1.29 is 9.47 Å². The normalized spacial score (nSPS) is 12.5. The molecule has 0 spiro atoms. The minimum atomic E-state index is -0.0492. The highest BCUT2D eigenvalue weighted by molar-refractivity contribution is 5.64. The molecule has 0 saturated carbocycles. The van der Waals surface area contributed by atoms with Gasteiger partial charge in [0.25, 0.3) is 0 Å². The van der Waals surface area contributed by atoms with Crippen LogP contribution in [0.3, 0.4) is 0 Å². The molecule has 0 amide bonds. The van der Waals surface area contributed by atoms with Gasteiger partial charge in [0, 0.05) is 26.6 Å². The van der Waals surface area contributed by atoms with Crippen molar-refractivity contribution in [3.8, 4) is 12.1 Å². The summed E-state index contributed by atoms with van der Waals surface area (Å²) in [6, 6.07) is 3.58. The second kappa shape index (κ2) is 9.53. The van der Waals surface area contributed by atoms with Gasteiger partial charge in [0.05, 0.1) is 13.2 Å². The van der Waals surface area contributed by atoms with Gasteiger partial charge in [0.1, 0.15) is 12.1 Å². The lowest BCUT2D eigenvalue weighted by molar-refractivity contribution is 0.248. The van der Waals surface area contributed by atoms with Crippen LogP contribution in [0.1, 0.15) is 0 Å². The number of allylic oxidation sites excluding steroid dienone is 2. The Kier molecular flexibility index (Phi) is 8.33. The first kappa shape index (κ1) is 14.0. The molecule has 0 N–H and O–H groups in total. The molecule has 0 aromatic rings. The van der Waals surface area contributed by atoms with Gasteiger partial charge >= 0.3 is 0 Å². The molecule has 0 radical (unpaired) electrons. The van der Waals surface area contributed by atoms with Crippen LogP contribution in [0.15, 0.2) is 21.4 Å². The van der Waals surface area contributed by atoms with E-state index in [-0.39, 0.29) is 24.6 Å². The van der Waals surface area contributed by atoms with Gasteiger partial charge < -0.3 is 9.47 Å². The van der Waals surface area contributed by atoms with Gasteiger partial charge in [-0.15, -0.1) is 0 Å². The predicted octanol–water partition coefficient (Wildman–Crippen LogP) is 0.680. The molecule has 0 aliphatic heterocycles. The first-order valence-corrected chi connectivity index (χ1v) is 4.37. The first-order chi connectivity index (χ1) is 7.79. The third-order valence-corrected chi connectivity index (χ3v) is 1.36. The summed E-state index contributed by atoms with van der Waals surface area (Å²) in [7, 11) is 3.01. The minimum absolute atomic E-state index is 0.0492. The van der Waals surface area contributed by atoms with Crippen LogP contribution in [0.2, 0.25) is 0 Å². The van der Waals surface area contributed by atoms with Crippen LogP contribution in [0.25, 0.3) is 0 Å². The molecular formula is C10H12N4O2. The van der Waals surface area contributed by atoms with E-state index < -0.39 is 0 Å². The quantitative estimate of drug-likeness (QED) is 0.486. The maximum atomic E-state index is 8.76. The van der Waals surface area contributed by atoms with Crippen LogP contribution in [-0.4, -0.2) is 39.9 Å². The van der Waals surface area contributed by atoms with Crippen molar-refractivity contribution in [3.05, 3.63) is 11.4 Å². The highest BCUT2D eigenvalue weighted by atomic mass is 16.5. The summed E-state index contributed by atoms with van der Waals surface area (Å²) in [4.78, 5) is 7.55. The largest absolute Gasteiger partial charge is 0.379 e. The zero-order chi connectivity index (χ0) is 12.2. The van der Waals surface area contributed by atoms with Crippen LogP contribution in [-0.2, 0) is 9.47 Å². The molecule has 0 heterocycles. The third kappa shape index (κ3) is 5.66. The molecule has 84 valence electrons. The van der Waals surface area contributed by atoms with Crippen molar-refractivity contribution in [2.75, 3.05) is 27.4 Å². The second-order valence-electron chi connectivity index (χ2n) is 2.45. The van der Waals surface area contributed by atoms with E-state index in [1.807, 2.05) is 0 Å². The monoisotopic (exact) mass is 220 g/mol. The zero-order valence-electron chi connectivity index (χ0n) is 9.17. The summed E-state index contributed by atoms with van der Waals surface area (Å²) < 4.78 is 9.45. The van der Waals surface area contributed by atoms with E-state index in [1.165, 1.54) is 26.6 Å². The van der Waals surface area contributed by atoms with Crippen LogP contribution < -0.4 is 0 Å². The van der Waals surface area contributed by atoms with Crippen molar-refractivity contribution in [2.45, 2.75) is 0 Å². The van der Waals surface area contributed by atoms with Crippen molar-refractivity contribution in [1.29, 1.82) is 10.5 Å². The molecule has 0 bridgehead atoms. The molecule has 0 aromatic heterocycles. The Morgan fingerprint density at radius 1 is 1.00 bits per heavy atom. The fourth-order valence-electron chi connectivity index (χ4n) is 0.692. The van der Waals surface area contributed by atoms with Gasteiger partial charge in [-0.05, 0) is 0 Å². The number of methoxy groups -OCH3 is 2. The number of rotatable bonds is 6. The van der Waals surface area contributed by atoms with E-state index in [0.717, 1.165) is 0 Å². The summed E-state index contributed by atoms with van der Waals surface area (Å²) in [5.74, 6) is 0. The molecule has 0 saturated heterocycles. The molecular weight excluding hydrogens is 208 g/mol. The Bertz CT molecular complexity index is 335. The van der Waals surface area contributed by atoms with Crippen LogP contribution >= 0.6 is 0 Å². The Labute approximate surface area is 94.1 Å². The smallest absolute Gasteiger partial charge is 0.176 e. The summed E-state index contributed by atoms with van der Waals surface area (Å²) in [6.07, 6.45) is 2.78. The summed E-state index contributed by atoms with van der Waals surface area (Å²) in [5.41, 5.74) is -0.0983. The molecule has 0 aliphatic carbocycles. The number of ether oxygens (including phenoxy) is 2. The molecule has 6 nitrogen and oxygen atoms in total. The number of aliphatic imine (C=N–C) groups is 2. The maximum Gasteiger partial charge on any atom is 0.176 e. The molecule has 0 rings (SSSR count). The molecule has 0 unspecified atom stereocenters. The summed E-state index contributed by atoms with van der Waals surface area (Å²) >= 11 is 0. The van der Waals surface area contributed by atoms with Gasteiger partial charge in [-0.1, -0.05) is 0 Å². The van der Waals surface area contributed by atoms with Crippen molar-refractivity contribution >= 4 is 12.4 Å². The summed E-state index contributed by atoms with van der Waals surface area (Å²) in [6.45, 7) is 0.539. The Morgan fingerprint density at radius 3 is 1.62 bits per heavy atom. The predicted molar refractivity (Wildman–Crippen MR) is 59.0 cm³/mol. The first-order valence-electron chi connectivity index (χ1n) is 4.37. The van der Waals surface area contributed by atoms with E-state index in [1.54, 1.807) is 12.1 Å². The van der Waals surface area contributed by atoms with E-state index >= 15 is 0 Å². The fourth-order valence-corrected chi connectivity index (χ4v) is 0.692. The highest BCUT2D eigenvalue weighted by Gasteiger charge is 2.01. The lowest BCUT2D eigenvalue weighted by atomic mass is 10.4. The number of nitriles is 2. The van der Waals surface area contributed by atoms with Gasteiger partial charge in [0.15, 0.2) is 11.4 Å². The molecule has 6 heteroatoms. The average molecular weight is 220 g/mol. The van der Waals surface area contributed by atoms with Crippen LogP contribution in [0, 0.1) is 22.7 Å². The third-order valence-electron chi connectivity index (χ3n) is 1.36. The Morgan fingerprint density at radius 2 is 1.38 bits per heavy atom. The maximum absolute atomic E-state index is 8.76. The number of hydrogen-bond acceptors (Lipinski definition) is 6. The van der Waals surface area contributed by atoms with Gasteiger partial charge in [0.2, 0.25) is 0 Å². The van der Waals surface area contributed by atoms with Gasteiger partial charge in [-0.2, -0.15) is 10.5 Å². The SMILES string of the molecule is COCC=N/C(C#N)=C(/C#N)N=CCOC. The van der Waals surface area contributed by atoms with Crippen molar-refractivity contribution in [1.82, 2.24) is 0 Å².